The van der Waals surface area contributed by atoms with Gasteiger partial charge in [0.1, 0.15) is 0 Å². The number of aliphatic hydroxyl groups is 1. The molecule has 0 bridgehead atoms. The second kappa shape index (κ2) is 7.27. The van der Waals surface area contributed by atoms with Gasteiger partial charge in [0.2, 0.25) is 17.4 Å². The molecule has 1 heterocycles. The van der Waals surface area contributed by atoms with E-state index in [9.17, 15) is 27.9 Å². The van der Waals surface area contributed by atoms with Crippen LogP contribution in [0.25, 0.3) is 0 Å². The Morgan fingerprint density at radius 1 is 1.25 bits per heavy atom. The van der Waals surface area contributed by atoms with Crippen molar-refractivity contribution in [3.63, 3.8) is 0 Å². The van der Waals surface area contributed by atoms with Crippen LogP contribution in [0, 0.1) is 5.92 Å². The number of carbonyl (C=O) groups excluding carboxylic acids is 2. The minimum absolute atomic E-state index is 0.0159. The van der Waals surface area contributed by atoms with Gasteiger partial charge in [-0.15, -0.1) is 0 Å². The highest BCUT2D eigenvalue weighted by atomic mass is 19.4. The average molecular weight is 396 g/mol. The lowest BCUT2D eigenvalue weighted by atomic mass is 9.97. The van der Waals surface area contributed by atoms with Crippen molar-refractivity contribution in [1.82, 2.24) is 9.55 Å². The van der Waals surface area contributed by atoms with Gasteiger partial charge in [-0.25, -0.2) is 4.98 Å². The molecule has 3 rings (SSSR count). The number of aryl methyl sites for hydroxylation is 1. The molecule has 1 aliphatic carbocycles. The Morgan fingerprint density at radius 2 is 1.89 bits per heavy atom. The molecule has 10 heteroatoms. The molecule has 1 aromatic carbocycles. The topological polar surface area (TPSA) is 96.2 Å². The molecule has 3 N–H and O–H groups in total. The number of aromatic nitrogens is 2. The first-order valence-electron chi connectivity index (χ1n) is 8.58. The second-order valence-corrected chi connectivity index (χ2v) is 6.79. The van der Waals surface area contributed by atoms with Gasteiger partial charge < -0.3 is 20.3 Å². The third-order valence-electron chi connectivity index (χ3n) is 4.44. The highest BCUT2D eigenvalue weighted by Gasteiger charge is 2.58. The molecule has 1 fully saturated rings. The summed E-state index contributed by atoms with van der Waals surface area (Å²) in [5.74, 6) is -1.88. The highest BCUT2D eigenvalue weighted by molar-refractivity contribution is 5.96. The second-order valence-electron chi connectivity index (χ2n) is 6.79. The molecule has 150 valence electrons. The molecule has 1 atom stereocenters. The molecular weight excluding hydrogens is 377 g/mol. The van der Waals surface area contributed by atoms with Crippen molar-refractivity contribution in [2.45, 2.75) is 31.0 Å². The summed E-state index contributed by atoms with van der Waals surface area (Å²) < 4.78 is 41.5. The zero-order valence-corrected chi connectivity index (χ0v) is 15.0. The van der Waals surface area contributed by atoms with Crippen molar-refractivity contribution < 1.29 is 27.9 Å². The quantitative estimate of drug-likeness (QED) is 0.699. The molecule has 2 amide bonds. The Bertz CT molecular complexity index is 892. The van der Waals surface area contributed by atoms with Crippen LogP contribution in [0.2, 0.25) is 0 Å². The molecule has 1 aliphatic rings. The van der Waals surface area contributed by atoms with Crippen LogP contribution < -0.4 is 10.6 Å². The van der Waals surface area contributed by atoms with E-state index in [4.69, 9.17) is 0 Å². The van der Waals surface area contributed by atoms with Gasteiger partial charge in [0.15, 0.2) is 5.82 Å². The Morgan fingerprint density at radius 3 is 2.43 bits per heavy atom. The van der Waals surface area contributed by atoms with Crippen LogP contribution in [0.5, 0.6) is 0 Å². The molecule has 1 aromatic heterocycles. The molecule has 1 unspecified atom stereocenters. The third-order valence-corrected chi connectivity index (χ3v) is 4.44. The fourth-order valence-corrected chi connectivity index (χ4v) is 2.77. The van der Waals surface area contributed by atoms with E-state index in [1.54, 1.807) is 12.1 Å². The Labute approximate surface area is 158 Å². The average Bonchev–Trinajstić information content (AvgIpc) is 3.35. The van der Waals surface area contributed by atoms with Crippen LogP contribution in [0.3, 0.4) is 0 Å². The summed E-state index contributed by atoms with van der Waals surface area (Å²) in [6.07, 6.45) is -2.37. The van der Waals surface area contributed by atoms with Crippen molar-refractivity contribution in [2.24, 2.45) is 13.0 Å². The zero-order valence-electron chi connectivity index (χ0n) is 15.0. The predicted molar refractivity (Wildman–Crippen MR) is 94.2 cm³/mol. The maximum absolute atomic E-state index is 13.5. The van der Waals surface area contributed by atoms with E-state index in [-0.39, 0.29) is 17.5 Å². The maximum Gasteiger partial charge on any atom is 0.425 e. The van der Waals surface area contributed by atoms with Crippen LogP contribution >= 0.6 is 0 Å². The SMILES string of the molecule is Cn1ccnc1C(O)(CC(=O)Nc1cccc(NC(=O)C2CC2)c1)C(F)(F)F. The van der Waals surface area contributed by atoms with Crippen LogP contribution in [0.1, 0.15) is 25.1 Å². The van der Waals surface area contributed by atoms with Crippen LogP contribution in [-0.2, 0) is 22.2 Å². The lowest BCUT2D eigenvalue weighted by molar-refractivity contribution is -0.270. The predicted octanol–water partition coefficient (Wildman–Crippen LogP) is 2.55. The first-order chi connectivity index (χ1) is 13.1. The number of hydrogen-bond donors (Lipinski definition) is 3. The van der Waals surface area contributed by atoms with Crippen molar-refractivity contribution in [3.8, 4) is 0 Å². The van der Waals surface area contributed by atoms with Crippen molar-refractivity contribution in [1.29, 1.82) is 0 Å². The number of hydrogen-bond acceptors (Lipinski definition) is 4. The Kier molecular flexibility index (Phi) is 5.16. The van der Waals surface area contributed by atoms with Crippen molar-refractivity contribution in [2.75, 3.05) is 10.6 Å². The first kappa shape index (κ1) is 19.9. The van der Waals surface area contributed by atoms with Crippen LogP contribution in [0.15, 0.2) is 36.7 Å². The van der Waals surface area contributed by atoms with E-state index in [0.717, 1.165) is 23.6 Å². The van der Waals surface area contributed by atoms with Gasteiger partial charge in [-0.05, 0) is 31.0 Å². The molecule has 0 spiro atoms. The van der Waals surface area contributed by atoms with Gasteiger partial charge in [-0.2, -0.15) is 13.2 Å². The number of amides is 2. The fourth-order valence-electron chi connectivity index (χ4n) is 2.77. The molecule has 0 saturated heterocycles. The Balaban J connectivity index is 1.73. The van der Waals surface area contributed by atoms with E-state index in [1.165, 1.54) is 25.4 Å². The smallest absolute Gasteiger partial charge is 0.374 e. The first-order valence-corrected chi connectivity index (χ1v) is 8.58. The largest absolute Gasteiger partial charge is 0.425 e. The van der Waals surface area contributed by atoms with Gasteiger partial charge >= 0.3 is 6.18 Å². The van der Waals surface area contributed by atoms with E-state index in [1.807, 2.05) is 0 Å². The number of imidazole rings is 1. The molecule has 1 saturated carbocycles. The molecule has 2 aromatic rings. The summed E-state index contributed by atoms with van der Waals surface area (Å²) in [6, 6.07) is 6.06. The summed E-state index contributed by atoms with van der Waals surface area (Å²) in [7, 11) is 1.29. The number of nitrogens with zero attached hydrogens (tertiary/aromatic N) is 2. The van der Waals surface area contributed by atoms with Gasteiger partial charge in [0.25, 0.3) is 0 Å². The highest BCUT2D eigenvalue weighted by Crippen LogP contribution is 2.41. The molecule has 7 nitrogen and oxygen atoms in total. The summed E-state index contributed by atoms with van der Waals surface area (Å²) in [4.78, 5) is 27.6. The minimum atomic E-state index is -5.11. The van der Waals surface area contributed by atoms with E-state index in [0.29, 0.717) is 5.69 Å². The van der Waals surface area contributed by atoms with Gasteiger partial charge in [-0.3, -0.25) is 9.59 Å². The maximum atomic E-state index is 13.5. The van der Waals surface area contributed by atoms with Gasteiger partial charge in [0.05, 0.1) is 6.42 Å². The van der Waals surface area contributed by atoms with Gasteiger partial charge in [-0.1, -0.05) is 6.07 Å². The van der Waals surface area contributed by atoms with Crippen LogP contribution in [0.4, 0.5) is 24.5 Å². The molecular formula is C18H19F3N4O3. The van der Waals surface area contributed by atoms with E-state index >= 15 is 0 Å². The minimum Gasteiger partial charge on any atom is -0.374 e. The summed E-state index contributed by atoms with van der Waals surface area (Å²) >= 11 is 0. The number of anilines is 2. The van der Waals surface area contributed by atoms with E-state index in [2.05, 4.69) is 15.6 Å². The number of nitrogens with one attached hydrogen (secondary N) is 2. The monoisotopic (exact) mass is 396 g/mol. The number of benzene rings is 1. The summed E-state index contributed by atoms with van der Waals surface area (Å²) in [5.41, 5.74) is -2.82. The summed E-state index contributed by atoms with van der Waals surface area (Å²) in [6.45, 7) is 0. The fraction of sp³-hybridized carbons (Fsp3) is 0.389. The molecule has 0 radical (unpaired) electrons. The Hall–Kier alpha value is -2.88. The number of rotatable bonds is 6. The number of halogens is 3. The summed E-state index contributed by atoms with van der Waals surface area (Å²) in [5, 5.41) is 15.3. The number of alkyl halides is 3. The van der Waals surface area contributed by atoms with Crippen molar-refractivity contribution >= 4 is 23.2 Å². The zero-order chi connectivity index (χ0) is 20.5. The standard InChI is InChI=1S/C18H19F3N4O3/c1-25-8-7-22-16(25)17(28,18(19,20)21)10-14(26)23-12-3-2-4-13(9-12)24-15(27)11-5-6-11/h2-4,7-9,11,28H,5-6,10H2,1H3,(H,23,26)(H,24,27). The third kappa shape index (κ3) is 4.16. The number of carbonyl (C=O) groups is 2. The normalized spacial score (nSPS) is 16.3. The molecule has 28 heavy (non-hydrogen) atoms. The van der Waals surface area contributed by atoms with Crippen molar-refractivity contribution in [3.05, 3.63) is 42.5 Å². The lowest BCUT2D eigenvalue weighted by Crippen LogP contribution is -2.46. The van der Waals surface area contributed by atoms with E-state index < -0.39 is 29.9 Å². The van der Waals surface area contributed by atoms with Gasteiger partial charge in [0, 0.05) is 36.7 Å². The van der Waals surface area contributed by atoms with Crippen LogP contribution in [-0.4, -0.2) is 32.6 Å². The lowest BCUT2D eigenvalue weighted by Gasteiger charge is -2.29. The molecule has 0 aliphatic heterocycles.